The van der Waals surface area contributed by atoms with Gasteiger partial charge in [-0.1, -0.05) is 13.8 Å². The Morgan fingerprint density at radius 1 is 0.957 bits per heavy atom. The van der Waals surface area contributed by atoms with Crippen molar-refractivity contribution in [1.82, 2.24) is 10.2 Å². The molecule has 0 aliphatic carbocycles. The van der Waals surface area contributed by atoms with Gasteiger partial charge in [0, 0.05) is 30.8 Å². The van der Waals surface area contributed by atoms with Gasteiger partial charge >= 0.3 is 0 Å². The summed E-state index contributed by atoms with van der Waals surface area (Å²) < 4.78 is 16.2. The molecule has 1 N–H and O–H groups in total. The number of nitrogens with one attached hydrogen (secondary N) is 1. The molecule has 0 saturated heterocycles. The Hall–Kier alpha value is -1.46. The number of ether oxygens (including phenoxy) is 3. The highest BCUT2D eigenvalue weighted by atomic mass is 16.5. The maximum absolute atomic E-state index is 5.47. The van der Waals surface area contributed by atoms with Crippen molar-refractivity contribution in [3.63, 3.8) is 0 Å². The van der Waals surface area contributed by atoms with E-state index in [9.17, 15) is 0 Å². The fourth-order valence-corrected chi connectivity index (χ4v) is 2.62. The van der Waals surface area contributed by atoms with Gasteiger partial charge in [0.15, 0.2) is 11.5 Å². The fourth-order valence-electron chi connectivity index (χ4n) is 2.62. The molecule has 5 heteroatoms. The molecule has 0 heterocycles. The molecule has 0 radical (unpaired) electrons. The molecule has 1 aromatic rings. The lowest BCUT2D eigenvalue weighted by atomic mass is 10.0. The summed E-state index contributed by atoms with van der Waals surface area (Å²) in [6, 6.07) is 4.35. The molecule has 23 heavy (non-hydrogen) atoms. The third-order valence-corrected chi connectivity index (χ3v) is 3.96. The van der Waals surface area contributed by atoms with E-state index in [1.807, 2.05) is 12.1 Å². The molecular formula is C18H32N2O3. The third kappa shape index (κ3) is 5.92. The second-order valence-corrected chi connectivity index (χ2v) is 6.40. The molecule has 0 saturated carbocycles. The number of rotatable bonds is 10. The van der Waals surface area contributed by atoms with E-state index < -0.39 is 0 Å². The van der Waals surface area contributed by atoms with Crippen LogP contribution in [0.5, 0.6) is 17.2 Å². The van der Waals surface area contributed by atoms with Crippen LogP contribution in [0.25, 0.3) is 0 Å². The van der Waals surface area contributed by atoms with Crippen LogP contribution in [0.1, 0.15) is 25.8 Å². The fraction of sp³-hybridized carbons (Fsp3) is 0.667. The van der Waals surface area contributed by atoms with E-state index in [1.54, 1.807) is 21.3 Å². The van der Waals surface area contributed by atoms with Crippen molar-refractivity contribution in [1.29, 1.82) is 0 Å². The molecule has 0 aliphatic heterocycles. The van der Waals surface area contributed by atoms with Crippen LogP contribution in [-0.2, 0) is 6.54 Å². The molecule has 0 fully saturated rings. The maximum Gasteiger partial charge on any atom is 0.164 e. The lowest BCUT2D eigenvalue weighted by molar-refractivity contribution is 0.246. The van der Waals surface area contributed by atoms with Crippen molar-refractivity contribution in [3.05, 3.63) is 17.7 Å². The van der Waals surface area contributed by atoms with Gasteiger partial charge in [-0.3, -0.25) is 0 Å². The van der Waals surface area contributed by atoms with E-state index in [4.69, 9.17) is 14.2 Å². The Morgan fingerprint density at radius 2 is 1.52 bits per heavy atom. The molecule has 0 aliphatic rings. The van der Waals surface area contributed by atoms with Crippen LogP contribution >= 0.6 is 0 Å². The summed E-state index contributed by atoms with van der Waals surface area (Å²) in [7, 11) is 9.21. The summed E-state index contributed by atoms with van der Waals surface area (Å²) >= 11 is 0. The first-order valence-corrected chi connectivity index (χ1v) is 8.08. The molecule has 0 amide bonds. The Kier molecular flexibility index (Phi) is 8.20. The van der Waals surface area contributed by atoms with Crippen LogP contribution in [0.2, 0.25) is 0 Å². The molecule has 5 nitrogen and oxygen atoms in total. The lowest BCUT2D eigenvalue weighted by Gasteiger charge is -2.26. The number of benzene rings is 1. The van der Waals surface area contributed by atoms with Crippen molar-refractivity contribution < 1.29 is 14.2 Å². The normalized spacial score (nSPS) is 12.6. The second-order valence-electron chi connectivity index (χ2n) is 6.40. The van der Waals surface area contributed by atoms with Gasteiger partial charge < -0.3 is 24.4 Å². The Labute approximate surface area is 140 Å². The van der Waals surface area contributed by atoms with Crippen molar-refractivity contribution in [2.45, 2.75) is 32.9 Å². The van der Waals surface area contributed by atoms with Gasteiger partial charge in [-0.05, 0) is 32.5 Å². The van der Waals surface area contributed by atoms with Gasteiger partial charge in [0.05, 0.1) is 21.3 Å². The molecule has 0 aromatic heterocycles. The number of methoxy groups -OCH3 is 3. The van der Waals surface area contributed by atoms with Crippen LogP contribution in [0.4, 0.5) is 0 Å². The van der Waals surface area contributed by atoms with Gasteiger partial charge in [-0.2, -0.15) is 0 Å². The van der Waals surface area contributed by atoms with Crippen molar-refractivity contribution >= 4 is 0 Å². The third-order valence-electron chi connectivity index (χ3n) is 3.96. The zero-order chi connectivity index (χ0) is 17.4. The Balaban J connectivity index is 2.76. The summed E-state index contributed by atoms with van der Waals surface area (Å²) in [6.45, 7) is 6.18. The first kappa shape index (κ1) is 19.6. The predicted octanol–water partition coefficient (Wildman–Crippen LogP) is 2.78. The standard InChI is InChI=1S/C18H32N2O3/c1-13(2)8-15(20(3)4)12-19-11-14-9-17(22-6)18(23-7)10-16(14)21-5/h9-10,13,15,19H,8,11-12H2,1-7H3. The van der Waals surface area contributed by atoms with Gasteiger partial charge in [-0.25, -0.2) is 0 Å². The maximum atomic E-state index is 5.47. The monoisotopic (exact) mass is 324 g/mol. The minimum Gasteiger partial charge on any atom is -0.496 e. The van der Waals surface area contributed by atoms with Gasteiger partial charge in [0.1, 0.15) is 5.75 Å². The Bertz CT molecular complexity index is 476. The summed E-state index contributed by atoms with van der Waals surface area (Å²) in [5.41, 5.74) is 1.06. The Morgan fingerprint density at radius 3 is 2.00 bits per heavy atom. The highest BCUT2D eigenvalue weighted by Crippen LogP contribution is 2.34. The topological polar surface area (TPSA) is 43.0 Å². The van der Waals surface area contributed by atoms with Gasteiger partial charge in [-0.15, -0.1) is 0 Å². The van der Waals surface area contributed by atoms with Crippen LogP contribution in [0.15, 0.2) is 12.1 Å². The average Bonchev–Trinajstić information content (AvgIpc) is 2.52. The van der Waals surface area contributed by atoms with Gasteiger partial charge in [0.2, 0.25) is 0 Å². The van der Waals surface area contributed by atoms with Crippen LogP contribution in [-0.4, -0.2) is 52.9 Å². The summed E-state index contributed by atoms with van der Waals surface area (Å²) in [5.74, 6) is 2.88. The molecule has 0 bridgehead atoms. The highest BCUT2D eigenvalue weighted by Gasteiger charge is 2.15. The van der Waals surface area contributed by atoms with Crippen LogP contribution in [0.3, 0.4) is 0 Å². The minimum absolute atomic E-state index is 0.515. The SMILES string of the molecule is COc1cc(OC)c(OC)cc1CNCC(CC(C)C)N(C)C. The van der Waals surface area contributed by atoms with E-state index in [2.05, 4.69) is 38.2 Å². The van der Waals surface area contributed by atoms with E-state index in [0.29, 0.717) is 17.7 Å². The molecule has 132 valence electrons. The van der Waals surface area contributed by atoms with E-state index in [1.165, 1.54) is 6.42 Å². The van der Waals surface area contributed by atoms with E-state index >= 15 is 0 Å². The number of likely N-dealkylation sites (N-methyl/N-ethyl adjacent to an activating group) is 1. The van der Waals surface area contributed by atoms with Crippen LogP contribution in [0, 0.1) is 5.92 Å². The van der Waals surface area contributed by atoms with Crippen molar-refractivity contribution in [2.24, 2.45) is 5.92 Å². The molecule has 1 atom stereocenters. The minimum atomic E-state index is 0.515. The molecule has 1 aromatic carbocycles. The van der Waals surface area contributed by atoms with E-state index in [0.717, 1.165) is 30.2 Å². The predicted molar refractivity (Wildman–Crippen MR) is 94.7 cm³/mol. The first-order valence-electron chi connectivity index (χ1n) is 8.08. The quantitative estimate of drug-likeness (QED) is 0.717. The summed E-state index contributed by atoms with van der Waals surface area (Å²) in [5, 5.41) is 3.53. The smallest absolute Gasteiger partial charge is 0.164 e. The van der Waals surface area contributed by atoms with Gasteiger partial charge in [0.25, 0.3) is 0 Å². The number of hydrogen-bond donors (Lipinski definition) is 1. The number of nitrogens with zero attached hydrogens (tertiary/aromatic N) is 1. The number of hydrogen-bond acceptors (Lipinski definition) is 5. The molecule has 0 spiro atoms. The van der Waals surface area contributed by atoms with Crippen LogP contribution < -0.4 is 19.5 Å². The van der Waals surface area contributed by atoms with Crippen molar-refractivity contribution in [2.75, 3.05) is 42.0 Å². The van der Waals surface area contributed by atoms with E-state index in [-0.39, 0.29) is 0 Å². The summed E-state index contributed by atoms with van der Waals surface area (Å²) in [6.07, 6.45) is 1.17. The zero-order valence-corrected chi connectivity index (χ0v) is 15.6. The van der Waals surface area contributed by atoms with Crippen molar-refractivity contribution in [3.8, 4) is 17.2 Å². The summed E-state index contributed by atoms with van der Waals surface area (Å²) in [4.78, 5) is 2.28. The average molecular weight is 324 g/mol. The molecule has 1 rings (SSSR count). The molecule has 1 unspecified atom stereocenters. The highest BCUT2D eigenvalue weighted by molar-refractivity contribution is 5.50. The molecular weight excluding hydrogens is 292 g/mol. The first-order chi connectivity index (χ1) is 10.9. The lowest BCUT2D eigenvalue weighted by Crippen LogP contribution is -2.38. The zero-order valence-electron chi connectivity index (χ0n) is 15.6. The largest absolute Gasteiger partial charge is 0.496 e. The second kappa shape index (κ2) is 9.63.